The number of carbonyl (C=O) groups excluding carboxylic acids is 1. The zero-order valence-corrected chi connectivity index (χ0v) is 14.2. The number of thiazole rings is 1. The molecule has 2 rings (SSSR count). The lowest BCUT2D eigenvalue weighted by Gasteiger charge is -2.22. The van der Waals surface area contributed by atoms with E-state index in [1.54, 1.807) is 35.7 Å². The van der Waals surface area contributed by atoms with E-state index < -0.39 is 0 Å². The molecule has 1 heterocycles. The third-order valence-electron chi connectivity index (χ3n) is 3.30. The number of rotatable bonds is 6. The summed E-state index contributed by atoms with van der Waals surface area (Å²) in [7, 11) is 3.43. The monoisotopic (exact) mass is 339 g/mol. The van der Waals surface area contributed by atoms with E-state index in [9.17, 15) is 4.79 Å². The maximum Gasteiger partial charge on any atom is 0.238 e. The summed E-state index contributed by atoms with van der Waals surface area (Å²) in [5.74, 6) is 0.430. The van der Waals surface area contributed by atoms with E-state index in [1.165, 1.54) is 7.11 Å². The van der Waals surface area contributed by atoms with E-state index in [4.69, 9.17) is 16.3 Å². The molecule has 0 aliphatic heterocycles. The highest BCUT2D eigenvalue weighted by Gasteiger charge is 2.17. The minimum atomic E-state index is -0.102. The maximum atomic E-state index is 12.1. The molecule has 0 saturated heterocycles. The first-order valence-corrected chi connectivity index (χ1v) is 8.00. The van der Waals surface area contributed by atoms with Gasteiger partial charge in [-0.05, 0) is 26.1 Å². The van der Waals surface area contributed by atoms with E-state index in [0.717, 1.165) is 5.01 Å². The zero-order valence-electron chi connectivity index (χ0n) is 12.7. The fourth-order valence-electron chi connectivity index (χ4n) is 1.93. The fourth-order valence-corrected chi connectivity index (χ4v) is 2.89. The Hall–Kier alpha value is -1.63. The molecule has 0 unspecified atom stereocenters. The molecule has 118 valence electrons. The molecule has 22 heavy (non-hydrogen) atoms. The number of anilines is 1. The summed E-state index contributed by atoms with van der Waals surface area (Å²) in [6.45, 7) is 2.29. The second-order valence-electron chi connectivity index (χ2n) is 4.86. The van der Waals surface area contributed by atoms with E-state index in [1.807, 2.05) is 24.3 Å². The van der Waals surface area contributed by atoms with Crippen molar-refractivity contribution >= 4 is 34.5 Å². The number of carbonyl (C=O) groups is 1. The van der Waals surface area contributed by atoms with Crippen LogP contribution in [0.15, 0.2) is 29.8 Å². The highest BCUT2D eigenvalue weighted by atomic mass is 35.5. The average molecular weight is 340 g/mol. The number of amides is 1. The van der Waals surface area contributed by atoms with E-state index >= 15 is 0 Å². The summed E-state index contributed by atoms with van der Waals surface area (Å²) in [5, 5.41) is 6.27. The van der Waals surface area contributed by atoms with Gasteiger partial charge < -0.3 is 10.1 Å². The number of hydrogen-bond acceptors (Lipinski definition) is 5. The third kappa shape index (κ3) is 4.19. The number of nitrogens with one attached hydrogen (secondary N) is 1. The number of nitrogens with zero attached hydrogens (tertiary/aromatic N) is 2. The molecule has 1 aromatic heterocycles. The molecule has 2 aromatic rings. The van der Waals surface area contributed by atoms with E-state index in [-0.39, 0.29) is 18.5 Å². The highest BCUT2D eigenvalue weighted by molar-refractivity contribution is 7.09. The maximum absolute atomic E-state index is 12.1. The predicted octanol–water partition coefficient (Wildman–Crippen LogP) is 3.44. The van der Waals surface area contributed by atoms with Crippen molar-refractivity contribution in [2.45, 2.75) is 13.0 Å². The van der Waals surface area contributed by atoms with Gasteiger partial charge in [0.25, 0.3) is 0 Å². The Labute approximate surface area is 138 Å². The number of hydrogen-bond donors (Lipinski definition) is 1. The van der Waals surface area contributed by atoms with Crippen LogP contribution < -0.4 is 10.1 Å². The molecular formula is C15H18ClN3O2S. The van der Waals surface area contributed by atoms with Crippen molar-refractivity contribution in [1.82, 2.24) is 9.88 Å². The van der Waals surface area contributed by atoms with Crippen LogP contribution in [0.25, 0.3) is 0 Å². The van der Waals surface area contributed by atoms with Gasteiger partial charge >= 0.3 is 0 Å². The van der Waals surface area contributed by atoms with Gasteiger partial charge in [-0.3, -0.25) is 9.69 Å². The molecule has 0 fully saturated rings. The quantitative estimate of drug-likeness (QED) is 0.876. The Morgan fingerprint density at radius 2 is 2.32 bits per heavy atom. The summed E-state index contributed by atoms with van der Waals surface area (Å²) in [5.41, 5.74) is 0.654. The van der Waals surface area contributed by atoms with Crippen LogP contribution in [0.3, 0.4) is 0 Å². The molecule has 1 atom stereocenters. The zero-order chi connectivity index (χ0) is 16.1. The van der Waals surface area contributed by atoms with Crippen molar-refractivity contribution in [3.63, 3.8) is 0 Å². The van der Waals surface area contributed by atoms with Crippen molar-refractivity contribution in [3.05, 3.63) is 39.8 Å². The molecule has 0 saturated carbocycles. The lowest BCUT2D eigenvalue weighted by atomic mass is 10.3. The molecule has 7 heteroatoms. The Morgan fingerprint density at radius 3 is 2.95 bits per heavy atom. The Bertz CT molecular complexity index is 634. The molecule has 1 N–H and O–H groups in total. The summed E-state index contributed by atoms with van der Waals surface area (Å²) in [4.78, 5) is 18.4. The third-order valence-corrected chi connectivity index (χ3v) is 4.56. The Kier molecular flexibility index (Phi) is 5.76. The summed E-state index contributed by atoms with van der Waals surface area (Å²) in [6.07, 6.45) is 1.77. The lowest BCUT2D eigenvalue weighted by Crippen LogP contribution is -2.32. The molecule has 0 aliphatic rings. The topological polar surface area (TPSA) is 54.5 Å². The number of aromatic nitrogens is 1. The van der Waals surface area contributed by atoms with Gasteiger partial charge in [-0.1, -0.05) is 11.6 Å². The number of benzene rings is 1. The van der Waals surface area contributed by atoms with Crippen LogP contribution in [-0.4, -0.2) is 36.5 Å². The van der Waals surface area contributed by atoms with Gasteiger partial charge in [0.1, 0.15) is 10.8 Å². The van der Waals surface area contributed by atoms with Crippen molar-refractivity contribution in [3.8, 4) is 5.75 Å². The van der Waals surface area contributed by atoms with Crippen molar-refractivity contribution in [2.24, 2.45) is 0 Å². The van der Waals surface area contributed by atoms with Crippen LogP contribution >= 0.6 is 22.9 Å². The van der Waals surface area contributed by atoms with Crippen LogP contribution in [0.1, 0.15) is 18.0 Å². The second kappa shape index (κ2) is 7.58. The van der Waals surface area contributed by atoms with Gasteiger partial charge in [-0.2, -0.15) is 0 Å². The molecule has 0 bridgehead atoms. The molecular weight excluding hydrogens is 322 g/mol. The summed E-state index contributed by atoms with van der Waals surface area (Å²) >= 11 is 7.55. The summed E-state index contributed by atoms with van der Waals surface area (Å²) < 4.78 is 5.13. The van der Waals surface area contributed by atoms with Crippen molar-refractivity contribution < 1.29 is 9.53 Å². The smallest absolute Gasteiger partial charge is 0.238 e. The first-order valence-electron chi connectivity index (χ1n) is 6.74. The number of likely N-dealkylation sites (N-methyl/N-ethyl adjacent to an activating group) is 1. The van der Waals surface area contributed by atoms with Gasteiger partial charge in [0.2, 0.25) is 5.91 Å². The molecule has 0 spiro atoms. The van der Waals surface area contributed by atoms with Crippen LogP contribution in [0.2, 0.25) is 5.02 Å². The number of ether oxygens (including phenoxy) is 1. The van der Waals surface area contributed by atoms with Crippen molar-refractivity contribution in [2.75, 3.05) is 26.0 Å². The van der Waals surface area contributed by atoms with Gasteiger partial charge in [0.15, 0.2) is 0 Å². The van der Waals surface area contributed by atoms with Gasteiger partial charge in [-0.25, -0.2) is 4.98 Å². The first-order chi connectivity index (χ1) is 10.5. The average Bonchev–Trinajstić information content (AvgIpc) is 3.02. The number of methoxy groups -OCH3 is 1. The second-order valence-corrected chi connectivity index (χ2v) is 6.19. The Balaban J connectivity index is 1.95. The summed E-state index contributed by atoms with van der Waals surface area (Å²) in [6, 6.07) is 5.22. The largest absolute Gasteiger partial charge is 0.495 e. The van der Waals surface area contributed by atoms with Gasteiger partial charge in [-0.15, -0.1) is 11.3 Å². The molecule has 1 aromatic carbocycles. The van der Waals surface area contributed by atoms with Crippen LogP contribution in [-0.2, 0) is 4.79 Å². The van der Waals surface area contributed by atoms with Crippen LogP contribution in [0, 0.1) is 0 Å². The molecule has 0 aliphatic carbocycles. The minimum Gasteiger partial charge on any atom is -0.495 e. The predicted molar refractivity (Wildman–Crippen MR) is 89.8 cm³/mol. The SMILES string of the molecule is COc1cc(NC(=O)CN(C)[C@@H](C)c2nccs2)ccc1Cl. The van der Waals surface area contributed by atoms with Gasteiger partial charge in [0, 0.05) is 23.3 Å². The minimum absolute atomic E-state index is 0.0884. The van der Waals surface area contributed by atoms with E-state index in [0.29, 0.717) is 16.5 Å². The van der Waals surface area contributed by atoms with Gasteiger partial charge in [0.05, 0.1) is 24.7 Å². The van der Waals surface area contributed by atoms with Crippen molar-refractivity contribution in [1.29, 1.82) is 0 Å². The van der Waals surface area contributed by atoms with Crippen LogP contribution in [0.4, 0.5) is 5.69 Å². The molecule has 5 nitrogen and oxygen atoms in total. The Morgan fingerprint density at radius 1 is 1.55 bits per heavy atom. The van der Waals surface area contributed by atoms with E-state index in [2.05, 4.69) is 10.3 Å². The van der Waals surface area contributed by atoms with Crippen LogP contribution in [0.5, 0.6) is 5.75 Å². The highest BCUT2D eigenvalue weighted by Crippen LogP contribution is 2.27. The molecule has 0 radical (unpaired) electrons. The number of halogens is 1. The standard InChI is InChI=1S/C15H18ClN3O2S/c1-10(15-17-6-7-22-15)19(2)9-14(20)18-11-4-5-12(16)13(8-11)21-3/h4-8,10H,9H2,1-3H3,(H,18,20)/t10-/m0/s1. The fraction of sp³-hybridized carbons (Fsp3) is 0.333. The lowest BCUT2D eigenvalue weighted by molar-refractivity contribution is -0.117. The normalized spacial score (nSPS) is 12.2. The first kappa shape index (κ1) is 16.7. The molecule has 1 amide bonds.